The quantitative estimate of drug-likeness (QED) is 0.464. The molecule has 0 aliphatic heterocycles. The van der Waals surface area contributed by atoms with E-state index in [0.29, 0.717) is 5.82 Å². The largest absolute Gasteiger partial charge is 0.287 e. The van der Waals surface area contributed by atoms with Gasteiger partial charge in [-0.3, -0.25) is 15.5 Å². The predicted molar refractivity (Wildman–Crippen MR) is 57.8 cm³/mol. The van der Waals surface area contributed by atoms with Gasteiger partial charge in [-0.05, 0) is 19.1 Å². The Kier molecular flexibility index (Phi) is 3.96. The van der Waals surface area contributed by atoms with E-state index in [9.17, 15) is 10.1 Å². The minimum absolute atomic E-state index is 0.0435. The molecule has 0 unspecified atom stereocenters. The fraction of sp³-hybridized carbons (Fsp3) is 0.111. The van der Waals surface area contributed by atoms with Crippen LogP contribution in [0.5, 0.6) is 0 Å². The molecule has 1 rings (SSSR count). The van der Waals surface area contributed by atoms with Crippen molar-refractivity contribution in [3.05, 3.63) is 40.6 Å². The second-order valence-corrected chi connectivity index (χ2v) is 2.57. The highest BCUT2D eigenvalue weighted by Gasteiger charge is 2.03. The van der Waals surface area contributed by atoms with Crippen molar-refractivity contribution in [3.63, 3.8) is 0 Å². The number of nitrogens with one attached hydrogen (secondary N) is 1. The summed E-state index contributed by atoms with van der Waals surface area (Å²) in [7, 11) is 0. The standard InChI is InChI=1S/C9H10N4O2/c1-2-3-6-11-12-9-5-4-8(7-10-9)13(14)15/h2-7H,1H3,(H,10,12). The van der Waals surface area contributed by atoms with Gasteiger partial charge in [0.25, 0.3) is 5.69 Å². The molecule has 0 amide bonds. The lowest BCUT2D eigenvalue weighted by atomic mass is 10.4. The smallest absolute Gasteiger partial charge is 0.261 e. The van der Waals surface area contributed by atoms with Crippen molar-refractivity contribution in [1.29, 1.82) is 0 Å². The number of nitrogens with zero attached hydrogens (tertiary/aromatic N) is 3. The maximum atomic E-state index is 10.3. The molecule has 0 saturated heterocycles. The first-order valence-electron chi connectivity index (χ1n) is 4.25. The van der Waals surface area contributed by atoms with E-state index < -0.39 is 4.92 Å². The van der Waals surface area contributed by atoms with E-state index in [1.807, 2.05) is 13.0 Å². The Morgan fingerprint density at radius 2 is 2.40 bits per heavy atom. The van der Waals surface area contributed by atoms with E-state index in [1.165, 1.54) is 18.3 Å². The first kappa shape index (κ1) is 10.8. The Morgan fingerprint density at radius 1 is 1.60 bits per heavy atom. The molecule has 6 nitrogen and oxygen atoms in total. The van der Waals surface area contributed by atoms with Gasteiger partial charge < -0.3 is 0 Å². The molecule has 0 saturated carbocycles. The molecule has 0 fully saturated rings. The summed E-state index contributed by atoms with van der Waals surface area (Å²) < 4.78 is 0. The molecule has 1 aromatic heterocycles. The summed E-state index contributed by atoms with van der Waals surface area (Å²) >= 11 is 0. The van der Waals surface area contributed by atoms with Gasteiger partial charge in [0.15, 0.2) is 0 Å². The number of aromatic nitrogens is 1. The summed E-state index contributed by atoms with van der Waals surface area (Å²) in [5, 5.41) is 14.1. The molecule has 0 spiro atoms. The third-order valence-electron chi connectivity index (χ3n) is 1.49. The van der Waals surface area contributed by atoms with Crippen LogP contribution in [0.25, 0.3) is 0 Å². The lowest BCUT2D eigenvalue weighted by Gasteiger charge is -1.96. The fourth-order valence-corrected chi connectivity index (χ4v) is 0.793. The summed E-state index contributed by atoms with van der Waals surface area (Å²) in [6.45, 7) is 1.87. The number of pyridine rings is 1. The van der Waals surface area contributed by atoms with Crippen LogP contribution in [0.1, 0.15) is 6.92 Å². The molecule has 1 aromatic rings. The van der Waals surface area contributed by atoms with Crippen molar-refractivity contribution in [3.8, 4) is 0 Å². The third kappa shape index (κ3) is 3.55. The highest BCUT2D eigenvalue weighted by atomic mass is 16.6. The topological polar surface area (TPSA) is 80.4 Å². The number of anilines is 1. The molecule has 1 N–H and O–H groups in total. The summed E-state index contributed by atoms with van der Waals surface area (Å²) in [4.78, 5) is 13.6. The van der Waals surface area contributed by atoms with Crippen molar-refractivity contribution in [2.45, 2.75) is 6.92 Å². The minimum atomic E-state index is -0.500. The second-order valence-electron chi connectivity index (χ2n) is 2.57. The molecule has 0 radical (unpaired) electrons. The van der Waals surface area contributed by atoms with E-state index in [2.05, 4.69) is 15.5 Å². The fourth-order valence-electron chi connectivity index (χ4n) is 0.793. The van der Waals surface area contributed by atoms with Gasteiger partial charge in [-0.1, -0.05) is 6.08 Å². The average Bonchev–Trinajstić information content (AvgIpc) is 2.25. The van der Waals surface area contributed by atoms with Crippen LogP contribution in [0.2, 0.25) is 0 Å². The van der Waals surface area contributed by atoms with Crippen LogP contribution in [0.15, 0.2) is 35.6 Å². The molecule has 78 valence electrons. The summed E-state index contributed by atoms with van der Waals surface area (Å²) in [5.41, 5.74) is 2.59. The Balaban J connectivity index is 2.61. The second kappa shape index (κ2) is 5.48. The highest BCUT2D eigenvalue weighted by Crippen LogP contribution is 2.11. The molecule has 1 heterocycles. The van der Waals surface area contributed by atoms with Crippen LogP contribution in [-0.2, 0) is 0 Å². The molecule has 0 atom stereocenters. The normalized spacial score (nSPS) is 11.0. The first-order valence-corrected chi connectivity index (χ1v) is 4.25. The lowest BCUT2D eigenvalue weighted by molar-refractivity contribution is -0.385. The number of rotatable bonds is 4. The zero-order valence-corrected chi connectivity index (χ0v) is 8.12. The molecule has 0 aliphatic carbocycles. The third-order valence-corrected chi connectivity index (χ3v) is 1.49. The maximum Gasteiger partial charge on any atom is 0.287 e. The number of allylic oxidation sites excluding steroid dienone is 2. The average molecular weight is 206 g/mol. The Labute approximate surface area is 86.5 Å². The van der Waals surface area contributed by atoms with Crippen LogP contribution in [-0.4, -0.2) is 16.1 Å². The van der Waals surface area contributed by atoms with E-state index in [0.717, 1.165) is 0 Å². The minimum Gasteiger partial charge on any atom is -0.261 e. The van der Waals surface area contributed by atoms with Gasteiger partial charge in [0.1, 0.15) is 12.0 Å². The van der Waals surface area contributed by atoms with Crippen molar-refractivity contribution >= 4 is 17.7 Å². The van der Waals surface area contributed by atoms with E-state index >= 15 is 0 Å². The zero-order valence-electron chi connectivity index (χ0n) is 8.12. The summed E-state index contributed by atoms with van der Waals surface area (Å²) in [6.07, 6.45) is 6.31. The monoisotopic (exact) mass is 206 g/mol. The molecule has 6 heteroatoms. The van der Waals surface area contributed by atoms with Crippen LogP contribution in [0.4, 0.5) is 11.5 Å². The van der Waals surface area contributed by atoms with Gasteiger partial charge in [0.05, 0.1) is 4.92 Å². The van der Waals surface area contributed by atoms with Crippen molar-refractivity contribution < 1.29 is 4.92 Å². The Morgan fingerprint density at radius 3 is 2.93 bits per heavy atom. The lowest BCUT2D eigenvalue weighted by Crippen LogP contribution is -1.93. The number of hydrazone groups is 1. The highest BCUT2D eigenvalue weighted by molar-refractivity contribution is 5.71. The van der Waals surface area contributed by atoms with Crippen LogP contribution < -0.4 is 5.43 Å². The van der Waals surface area contributed by atoms with Gasteiger partial charge in [0.2, 0.25) is 0 Å². The van der Waals surface area contributed by atoms with Crippen LogP contribution in [0.3, 0.4) is 0 Å². The molecule has 15 heavy (non-hydrogen) atoms. The Hall–Kier alpha value is -2.24. The van der Waals surface area contributed by atoms with Gasteiger partial charge in [0, 0.05) is 12.3 Å². The zero-order chi connectivity index (χ0) is 11.1. The summed E-state index contributed by atoms with van der Waals surface area (Å²) in [6, 6.07) is 2.85. The van der Waals surface area contributed by atoms with Gasteiger partial charge in [-0.25, -0.2) is 4.98 Å². The van der Waals surface area contributed by atoms with E-state index in [1.54, 1.807) is 12.3 Å². The van der Waals surface area contributed by atoms with Crippen LogP contribution >= 0.6 is 0 Å². The predicted octanol–water partition coefficient (Wildman–Crippen LogP) is 1.96. The molecule has 0 aliphatic rings. The SMILES string of the molecule is CC=CC=NNc1ccc([N+](=O)[O-])cn1. The molecule has 0 aromatic carbocycles. The number of nitro groups is 1. The molecule has 0 bridgehead atoms. The first-order chi connectivity index (χ1) is 7.24. The number of hydrogen-bond acceptors (Lipinski definition) is 5. The summed E-state index contributed by atoms with van der Waals surface area (Å²) in [5.74, 6) is 0.460. The van der Waals surface area contributed by atoms with Crippen molar-refractivity contribution in [2.24, 2.45) is 5.10 Å². The van der Waals surface area contributed by atoms with Crippen molar-refractivity contribution in [1.82, 2.24) is 4.98 Å². The van der Waals surface area contributed by atoms with Crippen molar-refractivity contribution in [2.75, 3.05) is 5.43 Å². The van der Waals surface area contributed by atoms with Gasteiger partial charge >= 0.3 is 0 Å². The molecular weight excluding hydrogens is 196 g/mol. The maximum absolute atomic E-state index is 10.3. The molecular formula is C9H10N4O2. The number of hydrogen-bond donors (Lipinski definition) is 1. The Bertz CT molecular complexity index is 384. The van der Waals surface area contributed by atoms with E-state index in [-0.39, 0.29) is 5.69 Å². The van der Waals surface area contributed by atoms with E-state index in [4.69, 9.17) is 0 Å². The van der Waals surface area contributed by atoms with Crippen LogP contribution in [0, 0.1) is 10.1 Å². The van der Waals surface area contributed by atoms with Gasteiger partial charge in [-0.15, -0.1) is 0 Å². The van der Waals surface area contributed by atoms with Gasteiger partial charge in [-0.2, -0.15) is 5.10 Å².